The fourth-order valence-electron chi connectivity index (χ4n) is 2.82. The fraction of sp³-hybridized carbons (Fsp3) is 0.412. The molecule has 1 unspecified atom stereocenters. The van der Waals surface area contributed by atoms with Gasteiger partial charge >= 0.3 is 0 Å². The van der Waals surface area contributed by atoms with E-state index in [1.54, 1.807) is 7.11 Å². The summed E-state index contributed by atoms with van der Waals surface area (Å²) in [7, 11) is 1.64. The van der Waals surface area contributed by atoms with Crippen molar-refractivity contribution < 1.29 is 14.3 Å². The molecule has 1 amide bonds. The molecule has 128 valence electrons. The lowest BCUT2D eigenvalue weighted by molar-refractivity contribution is -0.120. The maximum absolute atomic E-state index is 12.2. The zero-order valence-electron chi connectivity index (χ0n) is 13.9. The highest BCUT2D eigenvalue weighted by molar-refractivity contribution is 7.73. The van der Waals surface area contributed by atoms with Crippen LogP contribution in [0.1, 0.15) is 28.6 Å². The smallest absolute Gasteiger partial charge is 0.225 e. The predicted octanol–water partition coefficient (Wildman–Crippen LogP) is 3.31. The molecule has 1 atom stereocenters. The van der Waals surface area contributed by atoms with E-state index in [-0.39, 0.29) is 12.0 Å². The van der Waals surface area contributed by atoms with Gasteiger partial charge in [0.2, 0.25) is 5.91 Å². The molecular formula is C17H20N2O3S2. The summed E-state index contributed by atoms with van der Waals surface area (Å²) in [5, 5.41) is 2.95. The standard InChI is InChI=1S/C17H20N2O3S2/c1-9-4-11-5-13(21-3)12(6-14(11)22-9)8-18-16(20)7-15-10(2)19-17(23)24-15/h5-6,9H,4,7-8H2,1-3H3,(H,18,20)(H,19,23). The third-order valence-corrected chi connectivity index (χ3v) is 5.36. The van der Waals surface area contributed by atoms with E-state index in [4.69, 9.17) is 21.7 Å². The summed E-state index contributed by atoms with van der Waals surface area (Å²) < 4.78 is 11.9. The van der Waals surface area contributed by atoms with Gasteiger partial charge in [-0.25, -0.2) is 0 Å². The maximum atomic E-state index is 12.2. The number of aromatic nitrogens is 1. The van der Waals surface area contributed by atoms with E-state index in [0.29, 0.717) is 16.9 Å². The lowest BCUT2D eigenvalue weighted by atomic mass is 10.1. The van der Waals surface area contributed by atoms with Crippen molar-refractivity contribution in [2.24, 2.45) is 0 Å². The van der Waals surface area contributed by atoms with Crippen LogP contribution < -0.4 is 14.8 Å². The van der Waals surface area contributed by atoms with E-state index >= 15 is 0 Å². The van der Waals surface area contributed by atoms with Gasteiger partial charge in [-0.1, -0.05) is 0 Å². The monoisotopic (exact) mass is 364 g/mol. The highest BCUT2D eigenvalue weighted by Gasteiger charge is 2.21. The van der Waals surface area contributed by atoms with Gasteiger partial charge in [0.1, 0.15) is 17.6 Å². The quantitative estimate of drug-likeness (QED) is 0.799. The summed E-state index contributed by atoms with van der Waals surface area (Å²) in [6, 6.07) is 3.96. The van der Waals surface area contributed by atoms with Crippen LogP contribution in [-0.4, -0.2) is 24.1 Å². The number of nitrogens with one attached hydrogen (secondary N) is 2. The minimum atomic E-state index is -0.0415. The van der Waals surface area contributed by atoms with E-state index in [9.17, 15) is 4.79 Å². The normalized spacial score (nSPS) is 15.7. The summed E-state index contributed by atoms with van der Waals surface area (Å²) in [4.78, 5) is 16.2. The molecule has 0 saturated heterocycles. The lowest BCUT2D eigenvalue weighted by Crippen LogP contribution is -2.24. The molecule has 5 nitrogen and oxygen atoms in total. The second kappa shape index (κ2) is 6.94. The molecule has 0 spiro atoms. The number of rotatable bonds is 5. The number of amides is 1. The molecule has 0 aliphatic carbocycles. The molecule has 0 fully saturated rings. The van der Waals surface area contributed by atoms with Crippen LogP contribution in [0.15, 0.2) is 12.1 Å². The number of carbonyl (C=O) groups excluding carboxylic acids is 1. The van der Waals surface area contributed by atoms with Crippen molar-refractivity contribution in [1.29, 1.82) is 0 Å². The second-order valence-corrected chi connectivity index (χ2v) is 7.69. The Bertz CT molecular complexity index is 826. The van der Waals surface area contributed by atoms with Crippen molar-refractivity contribution in [3.8, 4) is 11.5 Å². The van der Waals surface area contributed by atoms with Crippen molar-refractivity contribution in [1.82, 2.24) is 10.3 Å². The number of aromatic amines is 1. The summed E-state index contributed by atoms with van der Waals surface area (Å²) >= 11 is 6.55. The van der Waals surface area contributed by atoms with Crippen LogP contribution in [0, 0.1) is 10.9 Å². The third kappa shape index (κ3) is 3.62. The van der Waals surface area contributed by atoms with Gasteiger partial charge in [0.25, 0.3) is 0 Å². The Labute approximate surface area is 150 Å². The molecule has 1 aromatic heterocycles. The maximum Gasteiger partial charge on any atom is 0.225 e. The zero-order chi connectivity index (χ0) is 17.3. The Morgan fingerprint density at radius 3 is 3.00 bits per heavy atom. The van der Waals surface area contributed by atoms with E-state index in [2.05, 4.69) is 10.3 Å². The molecule has 0 bridgehead atoms. The van der Waals surface area contributed by atoms with Gasteiger partial charge in [0.05, 0.1) is 13.5 Å². The first-order valence-electron chi connectivity index (χ1n) is 7.78. The predicted molar refractivity (Wildman–Crippen MR) is 96.6 cm³/mol. The molecule has 0 saturated carbocycles. The van der Waals surface area contributed by atoms with Crippen LogP contribution in [0.2, 0.25) is 0 Å². The Kier molecular flexibility index (Phi) is 4.91. The van der Waals surface area contributed by atoms with Gasteiger partial charge in [-0.05, 0) is 38.2 Å². The van der Waals surface area contributed by atoms with E-state index in [0.717, 1.165) is 39.6 Å². The molecule has 1 aromatic carbocycles. The molecule has 2 heterocycles. The number of methoxy groups -OCH3 is 1. The highest BCUT2D eigenvalue weighted by atomic mass is 32.1. The van der Waals surface area contributed by atoms with Crippen molar-refractivity contribution in [2.45, 2.75) is 39.3 Å². The van der Waals surface area contributed by atoms with Gasteiger partial charge in [0, 0.05) is 34.7 Å². The first kappa shape index (κ1) is 17.0. The minimum absolute atomic E-state index is 0.0415. The molecule has 2 N–H and O–H groups in total. The number of benzene rings is 1. The van der Waals surface area contributed by atoms with E-state index < -0.39 is 0 Å². The lowest BCUT2D eigenvalue weighted by Gasteiger charge is -2.12. The molecule has 3 rings (SSSR count). The summed E-state index contributed by atoms with van der Waals surface area (Å²) in [6.45, 7) is 4.38. The number of H-pyrrole nitrogens is 1. The van der Waals surface area contributed by atoms with Gasteiger partial charge in [-0.3, -0.25) is 4.79 Å². The second-order valence-electron chi connectivity index (χ2n) is 5.92. The van der Waals surface area contributed by atoms with Crippen molar-refractivity contribution in [3.05, 3.63) is 37.8 Å². The number of ether oxygens (including phenoxy) is 2. The highest BCUT2D eigenvalue weighted by Crippen LogP contribution is 2.34. The number of aryl methyl sites for hydroxylation is 1. The van der Waals surface area contributed by atoms with Crippen molar-refractivity contribution in [3.63, 3.8) is 0 Å². The molecule has 0 radical (unpaired) electrons. The fourth-order valence-corrected chi connectivity index (χ4v) is 4.11. The number of hydrogen-bond acceptors (Lipinski definition) is 5. The van der Waals surface area contributed by atoms with Gasteiger partial charge in [-0.2, -0.15) is 0 Å². The summed E-state index contributed by atoms with van der Waals surface area (Å²) in [5.74, 6) is 1.62. The largest absolute Gasteiger partial charge is 0.496 e. The average molecular weight is 364 g/mol. The topological polar surface area (TPSA) is 63.3 Å². The van der Waals surface area contributed by atoms with Crippen LogP contribution in [0.3, 0.4) is 0 Å². The van der Waals surface area contributed by atoms with E-state index in [1.807, 2.05) is 26.0 Å². The van der Waals surface area contributed by atoms with E-state index in [1.165, 1.54) is 11.3 Å². The first-order valence-corrected chi connectivity index (χ1v) is 9.00. The zero-order valence-corrected chi connectivity index (χ0v) is 15.5. The minimum Gasteiger partial charge on any atom is -0.496 e. The molecular weight excluding hydrogens is 344 g/mol. The van der Waals surface area contributed by atoms with Gasteiger partial charge in [-0.15, -0.1) is 11.3 Å². The molecule has 7 heteroatoms. The van der Waals surface area contributed by atoms with Gasteiger partial charge in [0.15, 0.2) is 3.95 Å². The number of thiazole rings is 1. The first-order chi connectivity index (χ1) is 11.5. The average Bonchev–Trinajstić information content (AvgIpc) is 3.04. The van der Waals surface area contributed by atoms with Crippen molar-refractivity contribution >= 4 is 29.5 Å². The number of hydrogen-bond donors (Lipinski definition) is 2. The van der Waals surface area contributed by atoms with Crippen LogP contribution >= 0.6 is 23.6 Å². The summed E-state index contributed by atoms with van der Waals surface area (Å²) in [5.41, 5.74) is 3.02. The summed E-state index contributed by atoms with van der Waals surface area (Å²) in [6.07, 6.45) is 1.39. The molecule has 1 aliphatic heterocycles. The number of carbonyl (C=O) groups is 1. The molecule has 1 aliphatic rings. The Morgan fingerprint density at radius 1 is 1.54 bits per heavy atom. The third-order valence-electron chi connectivity index (χ3n) is 4.02. The van der Waals surface area contributed by atoms with Crippen LogP contribution in [0.4, 0.5) is 0 Å². The molecule has 2 aromatic rings. The Morgan fingerprint density at radius 2 is 2.33 bits per heavy atom. The molecule has 24 heavy (non-hydrogen) atoms. The van der Waals surface area contributed by atoms with Crippen molar-refractivity contribution in [2.75, 3.05) is 7.11 Å². The SMILES string of the molecule is COc1cc2c(cc1CNC(=O)Cc1sc(=S)[nH]c1C)OC(C)C2. The Balaban J connectivity index is 1.68. The van der Waals surface area contributed by atoms with Crippen LogP contribution in [0.25, 0.3) is 0 Å². The van der Waals surface area contributed by atoms with Gasteiger partial charge < -0.3 is 19.8 Å². The van der Waals surface area contributed by atoms with Crippen LogP contribution in [-0.2, 0) is 24.2 Å². The number of fused-ring (bicyclic) bond motifs is 1. The van der Waals surface area contributed by atoms with Crippen LogP contribution in [0.5, 0.6) is 11.5 Å². The Hall–Kier alpha value is -1.86.